The Balaban J connectivity index is 1.24. The Morgan fingerprint density at radius 3 is 2.81 bits per heavy atom. The molecule has 1 saturated heterocycles. The fourth-order valence-corrected chi connectivity index (χ4v) is 5.94. The first-order valence-electron chi connectivity index (χ1n) is 12.7. The van der Waals surface area contributed by atoms with Crippen LogP contribution in [0.4, 0.5) is 10.2 Å². The summed E-state index contributed by atoms with van der Waals surface area (Å²) in [4.78, 5) is 42.3. The number of halogens is 2. The molecule has 3 N–H and O–H groups in total. The summed E-state index contributed by atoms with van der Waals surface area (Å²) in [5.74, 6) is -0.793. The standard InChI is InChI=1S/C26H30ClFN6O3/c27-17-8-18-19(13-31-23(18)30-12-17)24-32-14-20(28)25(33-24)29-11-16-4-3-7-34(15-16)21(35)9-26(10-22(36)37)5-1-2-6-26/h8,12-14,16H,1-7,9-11,15H2,(H,30,31)(H,36,37)(H,29,32,33). The summed E-state index contributed by atoms with van der Waals surface area (Å²) in [5.41, 5.74) is 0.887. The van der Waals surface area contributed by atoms with E-state index >= 15 is 0 Å². The molecule has 0 spiro atoms. The van der Waals surface area contributed by atoms with E-state index < -0.39 is 17.2 Å². The van der Waals surface area contributed by atoms with Crippen LogP contribution in [0.3, 0.4) is 0 Å². The minimum atomic E-state index is -0.839. The lowest BCUT2D eigenvalue weighted by Gasteiger charge is -2.36. The molecule has 5 rings (SSSR count). The number of carbonyl (C=O) groups excluding carboxylic acids is 1. The molecule has 1 aliphatic carbocycles. The monoisotopic (exact) mass is 528 g/mol. The van der Waals surface area contributed by atoms with Crippen molar-refractivity contribution in [3.05, 3.63) is 35.5 Å². The van der Waals surface area contributed by atoms with Crippen molar-refractivity contribution >= 4 is 40.3 Å². The maximum Gasteiger partial charge on any atom is 0.303 e. The van der Waals surface area contributed by atoms with Crippen molar-refractivity contribution in [3.8, 4) is 11.4 Å². The highest BCUT2D eigenvalue weighted by Crippen LogP contribution is 2.44. The molecule has 1 unspecified atom stereocenters. The summed E-state index contributed by atoms with van der Waals surface area (Å²) >= 11 is 6.09. The first-order chi connectivity index (χ1) is 17.8. The van der Waals surface area contributed by atoms with Gasteiger partial charge in [-0.1, -0.05) is 24.4 Å². The molecule has 3 aromatic heterocycles. The number of aromatic nitrogens is 4. The van der Waals surface area contributed by atoms with Crippen molar-refractivity contribution in [1.29, 1.82) is 0 Å². The van der Waals surface area contributed by atoms with Crippen LogP contribution in [0.1, 0.15) is 51.4 Å². The molecule has 196 valence electrons. The molecule has 0 bridgehead atoms. The van der Waals surface area contributed by atoms with Crippen LogP contribution in [0.15, 0.2) is 24.7 Å². The molecule has 1 amide bonds. The highest BCUT2D eigenvalue weighted by molar-refractivity contribution is 6.31. The fraction of sp³-hybridized carbons (Fsp3) is 0.500. The smallest absolute Gasteiger partial charge is 0.303 e. The van der Waals surface area contributed by atoms with E-state index in [-0.39, 0.29) is 30.5 Å². The number of piperidine rings is 1. The van der Waals surface area contributed by atoms with E-state index in [1.165, 1.54) is 0 Å². The number of fused-ring (bicyclic) bond motifs is 1. The number of anilines is 1. The molecule has 37 heavy (non-hydrogen) atoms. The molecule has 1 atom stereocenters. The summed E-state index contributed by atoms with van der Waals surface area (Å²) in [7, 11) is 0. The van der Waals surface area contributed by atoms with Gasteiger partial charge in [-0.05, 0) is 43.1 Å². The maximum absolute atomic E-state index is 14.6. The van der Waals surface area contributed by atoms with Gasteiger partial charge in [-0.15, -0.1) is 0 Å². The second-order valence-corrected chi connectivity index (χ2v) is 10.8. The number of carboxylic acid groups (broad SMARTS) is 1. The zero-order chi connectivity index (χ0) is 26.0. The molecule has 9 nitrogen and oxygen atoms in total. The molecule has 0 radical (unpaired) electrons. The van der Waals surface area contributed by atoms with E-state index in [2.05, 4.69) is 25.3 Å². The predicted octanol–water partition coefficient (Wildman–Crippen LogP) is 4.89. The number of aliphatic carboxylic acids is 1. The number of carboxylic acids is 1. The number of pyridine rings is 1. The number of rotatable bonds is 8. The fourth-order valence-electron chi connectivity index (χ4n) is 5.78. The van der Waals surface area contributed by atoms with E-state index in [9.17, 15) is 19.1 Å². The summed E-state index contributed by atoms with van der Waals surface area (Å²) in [6.07, 6.45) is 10.0. The molecule has 1 saturated carbocycles. The van der Waals surface area contributed by atoms with Gasteiger partial charge in [0.15, 0.2) is 17.5 Å². The van der Waals surface area contributed by atoms with Crippen LogP contribution >= 0.6 is 11.6 Å². The second-order valence-electron chi connectivity index (χ2n) is 10.3. The van der Waals surface area contributed by atoms with Gasteiger partial charge in [-0.25, -0.2) is 19.3 Å². The number of aromatic amines is 1. The van der Waals surface area contributed by atoms with Crippen LogP contribution < -0.4 is 5.32 Å². The van der Waals surface area contributed by atoms with Crippen LogP contribution in [0.5, 0.6) is 0 Å². The quantitative estimate of drug-likeness (QED) is 0.380. The van der Waals surface area contributed by atoms with Gasteiger partial charge in [0.1, 0.15) is 5.65 Å². The molecular weight excluding hydrogens is 499 g/mol. The molecule has 4 heterocycles. The number of nitrogens with zero attached hydrogens (tertiary/aromatic N) is 4. The van der Waals surface area contributed by atoms with Crippen LogP contribution in [0, 0.1) is 17.2 Å². The van der Waals surface area contributed by atoms with Crippen molar-refractivity contribution in [2.45, 2.75) is 51.4 Å². The molecule has 3 aromatic rings. The van der Waals surface area contributed by atoms with Gasteiger partial charge in [0.2, 0.25) is 5.91 Å². The Hall–Kier alpha value is -3.27. The average molecular weight is 529 g/mol. The molecule has 0 aromatic carbocycles. The highest BCUT2D eigenvalue weighted by Gasteiger charge is 2.39. The Morgan fingerprint density at radius 1 is 1.22 bits per heavy atom. The van der Waals surface area contributed by atoms with Crippen molar-refractivity contribution in [3.63, 3.8) is 0 Å². The number of hydrogen-bond acceptors (Lipinski definition) is 6. The van der Waals surface area contributed by atoms with Crippen LogP contribution in [-0.4, -0.2) is 61.5 Å². The first-order valence-corrected chi connectivity index (χ1v) is 13.1. The third-order valence-electron chi connectivity index (χ3n) is 7.63. The molecule has 1 aliphatic heterocycles. The minimum absolute atomic E-state index is 0.0231. The van der Waals surface area contributed by atoms with E-state index in [0.717, 1.165) is 50.1 Å². The summed E-state index contributed by atoms with van der Waals surface area (Å²) in [6.45, 7) is 1.68. The summed E-state index contributed by atoms with van der Waals surface area (Å²) < 4.78 is 14.6. The van der Waals surface area contributed by atoms with Gasteiger partial charge in [0.05, 0.1) is 17.6 Å². The third-order valence-corrected chi connectivity index (χ3v) is 7.84. The molecule has 2 aliphatic rings. The van der Waals surface area contributed by atoms with Gasteiger partial charge in [0.25, 0.3) is 0 Å². The van der Waals surface area contributed by atoms with E-state index in [4.69, 9.17) is 11.6 Å². The number of H-pyrrole nitrogens is 1. The second kappa shape index (κ2) is 10.6. The van der Waals surface area contributed by atoms with E-state index in [1.807, 2.05) is 4.90 Å². The Morgan fingerprint density at radius 2 is 2.03 bits per heavy atom. The molecule has 11 heteroatoms. The van der Waals surface area contributed by atoms with E-state index in [0.29, 0.717) is 41.7 Å². The number of nitrogens with one attached hydrogen (secondary N) is 2. The van der Waals surface area contributed by atoms with E-state index in [1.54, 1.807) is 18.5 Å². The van der Waals surface area contributed by atoms with Gasteiger partial charge in [-0.2, -0.15) is 0 Å². The topological polar surface area (TPSA) is 124 Å². The number of likely N-dealkylation sites (tertiary alicyclic amines) is 1. The summed E-state index contributed by atoms with van der Waals surface area (Å²) in [6, 6.07) is 1.76. The number of hydrogen-bond donors (Lipinski definition) is 3. The normalized spacial score (nSPS) is 19.3. The zero-order valence-electron chi connectivity index (χ0n) is 20.5. The average Bonchev–Trinajstić information content (AvgIpc) is 3.50. The van der Waals surface area contributed by atoms with Crippen molar-refractivity contribution in [2.75, 3.05) is 25.0 Å². The predicted molar refractivity (Wildman–Crippen MR) is 138 cm³/mol. The van der Waals surface area contributed by atoms with Crippen molar-refractivity contribution < 1.29 is 19.1 Å². The first kappa shape index (κ1) is 25.4. The van der Waals surface area contributed by atoms with Crippen LogP contribution in [-0.2, 0) is 9.59 Å². The maximum atomic E-state index is 14.6. The number of carbonyl (C=O) groups is 2. The highest BCUT2D eigenvalue weighted by atomic mass is 35.5. The molecule has 2 fully saturated rings. The van der Waals surface area contributed by atoms with Crippen LogP contribution in [0.25, 0.3) is 22.4 Å². The van der Waals surface area contributed by atoms with Crippen molar-refractivity contribution in [1.82, 2.24) is 24.8 Å². The lowest BCUT2D eigenvalue weighted by Crippen LogP contribution is -2.43. The van der Waals surface area contributed by atoms with Gasteiger partial charge < -0.3 is 20.3 Å². The largest absolute Gasteiger partial charge is 0.481 e. The minimum Gasteiger partial charge on any atom is -0.481 e. The van der Waals surface area contributed by atoms with Gasteiger partial charge in [0, 0.05) is 49.4 Å². The van der Waals surface area contributed by atoms with Crippen molar-refractivity contribution in [2.24, 2.45) is 11.3 Å². The summed E-state index contributed by atoms with van der Waals surface area (Å²) in [5, 5.41) is 13.7. The Labute approximate surface area is 218 Å². The Bertz CT molecular complexity index is 1310. The van der Waals surface area contributed by atoms with Crippen LogP contribution in [0.2, 0.25) is 5.02 Å². The lowest BCUT2D eigenvalue weighted by molar-refractivity contribution is -0.142. The number of amides is 1. The zero-order valence-corrected chi connectivity index (χ0v) is 21.2. The molecular formula is C26H30ClFN6O3. The Kier molecular flexibility index (Phi) is 7.28. The SMILES string of the molecule is O=C(O)CC1(CC(=O)N2CCCC(CNc3nc(-c4c[nH]c5ncc(Cl)cc45)ncc3F)C2)CCCC1. The van der Waals surface area contributed by atoms with Gasteiger partial charge >= 0.3 is 5.97 Å². The van der Waals surface area contributed by atoms with Gasteiger partial charge in [-0.3, -0.25) is 9.59 Å². The lowest BCUT2D eigenvalue weighted by atomic mass is 9.79. The third kappa shape index (κ3) is 5.69.